The Balaban J connectivity index is 2.69. The zero-order valence-corrected chi connectivity index (χ0v) is 9.37. The van der Waals surface area contributed by atoms with E-state index in [1.165, 1.54) is 0 Å². The van der Waals surface area contributed by atoms with Gasteiger partial charge in [0.2, 0.25) is 5.89 Å². The van der Waals surface area contributed by atoms with E-state index in [-0.39, 0.29) is 11.5 Å². The normalized spacial score (nSPS) is 14.4. The quantitative estimate of drug-likeness (QED) is 0.805. The highest BCUT2D eigenvalue weighted by molar-refractivity contribution is 4.94. The van der Waals surface area contributed by atoms with Crippen LogP contribution >= 0.6 is 0 Å². The van der Waals surface area contributed by atoms with Crippen molar-refractivity contribution in [2.24, 2.45) is 11.1 Å². The molecule has 1 aromatic rings. The fourth-order valence-electron chi connectivity index (χ4n) is 1.13. The summed E-state index contributed by atoms with van der Waals surface area (Å²) >= 11 is 0. The van der Waals surface area contributed by atoms with E-state index in [1.807, 2.05) is 6.92 Å². The Kier molecular flexibility index (Phi) is 3.26. The molecule has 0 amide bonds. The zero-order valence-electron chi connectivity index (χ0n) is 9.37. The van der Waals surface area contributed by atoms with Gasteiger partial charge in [-0.05, 0) is 11.8 Å². The van der Waals surface area contributed by atoms with Crippen molar-refractivity contribution in [2.45, 2.75) is 46.6 Å². The first kappa shape index (κ1) is 11.2. The summed E-state index contributed by atoms with van der Waals surface area (Å²) in [5.41, 5.74) is 5.95. The molecule has 0 saturated carbocycles. The van der Waals surface area contributed by atoms with E-state index in [9.17, 15) is 0 Å². The van der Waals surface area contributed by atoms with E-state index in [1.54, 1.807) is 0 Å². The van der Waals surface area contributed by atoms with Crippen molar-refractivity contribution in [3.8, 4) is 0 Å². The summed E-state index contributed by atoms with van der Waals surface area (Å²) in [4.78, 5) is 4.26. The largest absolute Gasteiger partial charge is 0.339 e. The van der Waals surface area contributed by atoms with Crippen LogP contribution in [0.5, 0.6) is 0 Å². The SMILES string of the molecule is CCC(N)c1noc(CC(C)(C)C)n1. The van der Waals surface area contributed by atoms with E-state index < -0.39 is 0 Å². The summed E-state index contributed by atoms with van der Waals surface area (Å²) in [5, 5.41) is 3.86. The molecule has 80 valence electrons. The second-order valence-electron chi connectivity index (χ2n) is 4.80. The Morgan fingerprint density at radius 2 is 2.07 bits per heavy atom. The van der Waals surface area contributed by atoms with E-state index in [0.29, 0.717) is 11.7 Å². The summed E-state index contributed by atoms with van der Waals surface area (Å²) in [6, 6.07) is -0.104. The lowest BCUT2D eigenvalue weighted by Crippen LogP contribution is -2.12. The third kappa shape index (κ3) is 3.10. The van der Waals surface area contributed by atoms with Crippen LogP contribution in [-0.4, -0.2) is 10.1 Å². The molecule has 4 nitrogen and oxygen atoms in total. The highest BCUT2D eigenvalue weighted by Gasteiger charge is 2.18. The second-order valence-corrected chi connectivity index (χ2v) is 4.80. The fraction of sp³-hybridized carbons (Fsp3) is 0.800. The minimum absolute atomic E-state index is 0.104. The predicted octanol–water partition coefficient (Wildman–Crippen LogP) is 2.07. The van der Waals surface area contributed by atoms with Gasteiger partial charge in [-0.3, -0.25) is 0 Å². The molecule has 1 unspecified atom stereocenters. The Morgan fingerprint density at radius 3 is 2.57 bits per heavy atom. The molecule has 0 spiro atoms. The van der Waals surface area contributed by atoms with Gasteiger partial charge < -0.3 is 10.3 Å². The molecule has 0 bridgehead atoms. The lowest BCUT2D eigenvalue weighted by molar-refractivity contribution is 0.311. The van der Waals surface area contributed by atoms with Crippen LogP contribution in [0.2, 0.25) is 0 Å². The first-order chi connectivity index (χ1) is 6.42. The molecule has 0 radical (unpaired) electrons. The molecular formula is C10H19N3O. The number of hydrogen-bond donors (Lipinski definition) is 1. The molecule has 1 rings (SSSR count). The molecule has 0 saturated heterocycles. The average molecular weight is 197 g/mol. The van der Waals surface area contributed by atoms with Crippen molar-refractivity contribution in [1.29, 1.82) is 0 Å². The topological polar surface area (TPSA) is 64.9 Å². The van der Waals surface area contributed by atoms with Gasteiger partial charge in [0, 0.05) is 6.42 Å². The monoisotopic (exact) mass is 197 g/mol. The van der Waals surface area contributed by atoms with Gasteiger partial charge in [-0.2, -0.15) is 4.98 Å². The van der Waals surface area contributed by atoms with E-state index in [4.69, 9.17) is 10.3 Å². The molecule has 0 aliphatic heterocycles. The predicted molar refractivity (Wildman–Crippen MR) is 54.7 cm³/mol. The summed E-state index contributed by atoms with van der Waals surface area (Å²) in [5.74, 6) is 1.29. The van der Waals surface area contributed by atoms with Crippen LogP contribution < -0.4 is 5.73 Å². The minimum Gasteiger partial charge on any atom is -0.339 e. The van der Waals surface area contributed by atoms with Crippen LogP contribution in [0.15, 0.2) is 4.52 Å². The van der Waals surface area contributed by atoms with Crippen molar-refractivity contribution >= 4 is 0 Å². The van der Waals surface area contributed by atoms with Crippen LogP contribution in [0, 0.1) is 5.41 Å². The Labute approximate surface area is 84.9 Å². The first-order valence-corrected chi connectivity index (χ1v) is 5.00. The van der Waals surface area contributed by atoms with Gasteiger partial charge in [-0.1, -0.05) is 32.9 Å². The summed E-state index contributed by atoms with van der Waals surface area (Å²) in [6.45, 7) is 8.41. The number of nitrogens with zero attached hydrogens (tertiary/aromatic N) is 2. The molecule has 1 heterocycles. The molecule has 0 aliphatic carbocycles. The van der Waals surface area contributed by atoms with E-state index in [0.717, 1.165) is 12.8 Å². The maximum absolute atomic E-state index is 5.79. The number of hydrogen-bond acceptors (Lipinski definition) is 4. The van der Waals surface area contributed by atoms with Crippen molar-refractivity contribution in [2.75, 3.05) is 0 Å². The second kappa shape index (κ2) is 4.09. The molecule has 0 fully saturated rings. The van der Waals surface area contributed by atoms with Gasteiger partial charge in [0.15, 0.2) is 5.82 Å². The summed E-state index contributed by atoms with van der Waals surface area (Å²) in [7, 11) is 0. The minimum atomic E-state index is -0.104. The number of rotatable bonds is 3. The third-order valence-electron chi connectivity index (χ3n) is 1.94. The first-order valence-electron chi connectivity index (χ1n) is 5.00. The van der Waals surface area contributed by atoms with Gasteiger partial charge in [0.1, 0.15) is 0 Å². The zero-order chi connectivity index (χ0) is 10.8. The van der Waals surface area contributed by atoms with E-state index >= 15 is 0 Å². The fourth-order valence-corrected chi connectivity index (χ4v) is 1.13. The van der Waals surface area contributed by atoms with Crippen LogP contribution in [-0.2, 0) is 6.42 Å². The van der Waals surface area contributed by atoms with Crippen molar-refractivity contribution in [1.82, 2.24) is 10.1 Å². The molecule has 2 N–H and O–H groups in total. The van der Waals surface area contributed by atoms with Gasteiger partial charge in [0.25, 0.3) is 0 Å². The van der Waals surface area contributed by atoms with Crippen molar-refractivity contribution < 1.29 is 4.52 Å². The molecule has 0 aromatic carbocycles. The van der Waals surface area contributed by atoms with Crippen molar-refractivity contribution in [3.63, 3.8) is 0 Å². The molecule has 1 aromatic heterocycles. The maximum atomic E-state index is 5.79. The third-order valence-corrected chi connectivity index (χ3v) is 1.94. The molecule has 1 atom stereocenters. The van der Waals surface area contributed by atoms with Crippen LogP contribution in [0.25, 0.3) is 0 Å². The van der Waals surface area contributed by atoms with Gasteiger partial charge in [0.05, 0.1) is 6.04 Å². The summed E-state index contributed by atoms with van der Waals surface area (Å²) < 4.78 is 5.12. The van der Waals surface area contributed by atoms with Crippen LogP contribution in [0.3, 0.4) is 0 Å². The van der Waals surface area contributed by atoms with Crippen LogP contribution in [0.1, 0.15) is 51.9 Å². The molecular weight excluding hydrogens is 178 g/mol. The standard InChI is InChI=1S/C10H19N3O/c1-5-7(11)9-12-8(14-13-9)6-10(2,3)4/h7H,5-6,11H2,1-4H3. The van der Waals surface area contributed by atoms with Gasteiger partial charge in [-0.25, -0.2) is 0 Å². The smallest absolute Gasteiger partial charge is 0.227 e. The molecule has 14 heavy (non-hydrogen) atoms. The van der Waals surface area contributed by atoms with Gasteiger partial charge >= 0.3 is 0 Å². The molecule has 4 heteroatoms. The van der Waals surface area contributed by atoms with Gasteiger partial charge in [-0.15, -0.1) is 0 Å². The van der Waals surface area contributed by atoms with E-state index in [2.05, 4.69) is 30.9 Å². The van der Waals surface area contributed by atoms with Crippen molar-refractivity contribution in [3.05, 3.63) is 11.7 Å². The molecule has 0 aliphatic rings. The lowest BCUT2D eigenvalue weighted by Gasteiger charge is -2.13. The highest BCUT2D eigenvalue weighted by Crippen LogP contribution is 2.20. The Morgan fingerprint density at radius 1 is 1.43 bits per heavy atom. The summed E-state index contributed by atoms with van der Waals surface area (Å²) in [6.07, 6.45) is 1.62. The van der Waals surface area contributed by atoms with Crippen LogP contribution in [0.4, 0.5) is 0 Å². The number of aromatic nitrogens is 2. The Bertz CT molecular complexity index is 288. The average Bonchev–Trinajstić information content (AvgIpc) is 2.48. The Hall–Kier alpha value is -0.900. The highest BCUT2D eigenvalue weighted by atomic mass is 16.5. The lowest BCUT2D eigenvalue weighted by atomic mass is 9.92. The number of nitrogens with two attached hydrogens (primary N) is 1. The maximum Gasteiger partial charge on any atom is 0.227 e.